The fourth-order valence-electron chi connectivity index (χ4n) is 2.01. The molecule has 23 heavy (non-hydrogen) atoms. The third-order valence-electron chi connectivity index (χ3n) is 3.01. The fraction of sp³-hybridized carbons (Fsp3) is 0.286. The Kier molecular flexibility index (Phi) is 5.57. The molecule has 0 aliphatic heterocycles. The van der Waals surface area contributed by atoms with E-state index in [1.807, 2.05) is 13.0 Å². The van der Waals surface area contributed by atoms with Crippen LogP contribution in [0.4, 0.5) is 0 Å². The van der Waals surface area contributed by atoms with Gasteiger partial charge >= 0.3 is 5.97 Å². The van der Waals surface area contributed by atoms with Crippen molar-refractivity contribution in [3.8, 4) is 0 Å². The maximum absolute atomic E-state index is 11.9. The summed E-state index contributed by atoms with van der Waals surface area (Å²) in [5.41, 5.74) is 0.664. The van der Waals surface area contributed by atoms with Gasteiger partial charge in [-0.2, -0.15) is 0 Å². The number of hydrogen-bond acceptors (Lipinski definition) is 4. The van der Waals surface area contributed by atoms with E-state index in [1.165, 1.54) is 10.9 Å². The number of carbonyl (C=O) groups is 2. The van der Waals surface area contributed by atoms with Crippen LogP contribution < -0.4 is 5.32 Å². The number of nitrogens with one attached hydrogen (secondary N) is 1. The van der Waals surface area contributed by atoms with Gasteiger partial charge in [-0.3, -0.25) is 4.79 Å². The summed E-state index contributed by atoms with van der Waals surface area (Å²) >= 11 is 11.9. The molecule has 9 heteroatoms. The smallest absolute Gasteiger partial charge is 0.358 e. The second-order valence-corrected chi connectivity index (χ2v) is 5.86. The molecule has 1 heterocycles. The zero-order valence-corrected chi connectivity index (χ0v) is 13.7. The lowest BCUT2D eigenvalue weighted by atomic mass is 10.1. The van der Waals surface area contributed by atoms with Crippen molar-refractivity contribution in [2.45, 2.75) is 25.9 Å². The Morgan fingerprint density at radius 2 is 2.13 bits per heavy atom. The van der Waals surface area contributed by atoms with Crippen LogP contribution in [0.1, 0.15) is 23.0 Å². The summed E-state index contributed by atoms with van der Waals surface area (Å²) < 4.78 is 1.17. The number of benzene rings is 1. The Bertz CT molecular complexity index is 733. The first kappa shape index (κ1) is 17.2. The van der Waals surface area contributed by atoms with E-state index < -0.39 is 5.97 Å². The molecule has 0 saturated carbocycles. The number of carbonyl (C=O) groups excluding carboxylic acids is 1. The van der Waals surface area contributed by atoms with E-state index in [0.717, 1.165) is 5.56 Å². The lowest BCUT2D eigenvalue weighted by molar-refractivity contribution is -0.122. The van der Waals surface area contributed by atoms with Crippen LogP contribution in [0.2, 0.25) is 10.0 Å². The van der Waals surface area contributed by atoms with E-state index in [2.05, 4.69) is 15.6 Å². The molecule has 0 saturated heterocycles. The van der Waals surface area contributed by atoms with E-state index in [-0.39, 0.29) is 24.2 Å². The van der Waals surface area contributed by atoms with E-state index in [0.29, 0.717) is 16.5 Å². The Morgan fingerprint density at radius 3 is 2.74 bits per heavy atom. The van der Waals surface area contributed by atoms with Crippen molar-refractivity contribution in [2.24, 2.45) is 0 Å². The van der Waals surface area contributed by atoms with Crippen molar-refractivity contribution >= 4 is 35.1 Å². The molecule has 1 aromatic heterocycles. The topological polar surface area (TPSA) is 97.1 Å². The molecule has 2 N–H and O–H groups in total. The first-order valence-corrected chi connectivity index (χ1v) is 7.47. The van der Waals surface area contributed by atoms with Crippen LogP contribution in [0.5, 0.6) is 0 Å². The van der Waals surface area contributed by atoms with Crippen LogP contribution in [0.25, 0.3) is 0 Å². The molecule has 1 aromatic carbocycles. The maximum atomic E-state index is 11.9. The van der Waals surface area contributed by atoms with Crippen LogP contribution in [0.3, 0.4) is 0 Å². The number of amides is 1. The Balaban J connectivity index is 1.90. The summed E-state index contributed by atoms with van der Waals surface area (Å²) in [5.74, 6) is -1.49. The van der Waals surface area contributed by atoms with Crippen molar-refractivity contribution < 1.29 is 14.7 Å². The third kappa shape index (κ3) is 4.94. The normalized spacial score (nSPS) is 12.0. The van der Waals surface area contributed by atoms with Gasteiger partial charge in [0, 0.05) is 16.1 Å². The minimum Gasteiger partial charge on any atom is -0.476 e. The molecule has 0 spiro atoms. The van der Waals surface area contributed by atoms with Crippen LogP contribution in [-0.4, -0.2) is 38.0 Å². The van der Waals surface area contributed by atoms with Crippen molar-refractivity contribution in [1.82, 2.24) is 20.3 Å². The number of carboxylic acid groups (broad SMARTS) is 1. The highest BCUT2D eigenvalue weighted by atomic mass is 35.5. The number of aromatic carboxylic acids is 1. The average Bonchev–Trinajstić information content (AvgIpc) is 2.90. The summed E-state index contributed by atoms with van der Waals surface area (Å²) in [7, 11) is 0. The molecule has 0 aliphatic rings. The van der Waals surface area contributed by atoms with Gasteiger partial charge in [0.05, 0.1) is 6.20 Å². The van der Waals surface area contributed by atoms with Gasteiger partial charge < -0.3 is 10.4 Å². The van der Waals surface area contributed by atoms with Crippen LogP contribution in [0, 0.1) is 0 Å². The van der Waals surface area contributed by atoms with Gasteiger partial charge in [-0.1, -0.05) is 34.5 Å². The summed E-state index contributed by atoms with van der Waals surface area (Å²) in [5, 5.41) is 19.7. The van der Waals surface area contributed by atoms with Gasteiger partial charge in [-0.25, -0.2) is 9.48 Å². The largest absolute Gasteiger partial charge is 0.476 e. The lowest BCUT2D eigenvalue weighted by Gasteiger charge is -2.15. The minimum absolute atomic E-state index is 0.112. The monoisotopic (exact) mass is 356 g/mol. The quantitative estimate of drug-likeness (QED) is 0.825. The Morgan fingerprint density at radius 1 is 1.39 bits per heavy atom. The van der Waals surface area contributed by atoms with Crippen molar-refractivity contribution in [1.29, 1.82) is 0 Å². The average molecular weight is 357 g/mol. The summed E-state index contributed by atoms with van der Waals surface area (Å²) in [6, 6.07) is 5.03. The molecule has 1 atom stereocenters. The molecule has 0 bridgehead atoms. The molecule has 2 aromatic rings. The van der Waals surface area contributed by atoms with Crippen LogP contribution in [0.15, 0.2) is 24.4 Å². The molecule has 0 aliphatic carbocycles. The van der Waals surface area contributed by atoms with Gasteiger partial charge in [0.1, 0.15) is 6.54 Å². The van der Waals surface area contributed by atoms with Crippen LogP contribution >= 0.6 is 23.2 Å². The van der Waals surface area contributed by atoms with Gasteiger partial charge in [-0.15, -0.1) is 5.10 Å². The number of nitrogens with zero attached hydrogens (tertiary/aromatic N) is 3. The van der Waals surface area contributed by atoms with Gasteiger partial charge in [0.25, 0.3) is 0 Å². The molecule has 7 nitrogen and oxygen atoms in total. The molecule has 2 rings (SSSR count). The number of rotatable bonds is 6. The Hall–Kier alpha value is -2.12. The highest BCUT2D eigenvalue weighted by Gasteiger charge is 2.13. The zero-order chi connectivity index (χ0) is 17.0. The highest BCUT2D eigenvalue weighted by Crippen LogP contribution is 2.22. The SMILES string of the molecule is CC(Cc1ccc(Cl)cc1Cl)NC(=O)Cn1cc(C(=O)O)nn1. The minimum atomic E-state index is -1.19. The third-order valence-corrected chi connectivity index (χ3v) is 3.60. The van der Waals surface area contributed by atoms with E-state index >= 15 is 0 Å². The molecular weight excluding hydrogens is 343 g/mol. The molecule has 0 fully saturated rings. The predicted molar refractivity (Wildman–Crippen MR) is 84.8 cm³/mol. The summed E-state index contributed by atoms with van der Waals surface area (Å²) in [6.45, 7) is 1.73. The van der Waals surface area contributed by atoms with Gasteiger partial charge in [-0.05, 0) is 31.0 Å². The van der Waals surface area contributed by atoms with Crippen LogP contribution in [-0.2, 0) is 17.8 Å². The number of aromatic nitrogens is 3. The van der Waals surface area contributed by atoms with E-state index in [4.69, 9.17) is 28.3 Å². The lowest BCUT2D eigenvalue weighted by Crippen LogP contribution is -2.36. The first-order chi connectivity index (χ1) is 10.8. The second kappa shape index (κ2) is 7.43. The van der Waals surface area contributed by atoms with Gasteiger partial charge in [0.2, 0.25) is 5.91 Å². The number of hydrogen-bond donors (Lipinski definition) is 2. The number of carboxylic acids is 1. The van der Waals surface area contributed by atoms with Crippen molar-refractivity contribution in [3.05, 3.63) is 45.7 Å². The first-order valence-electron chi connectivity index (χ1n) is 6.72. The number of halogens is 2. The maximum Gasteiger partial charge on any atom is 0.358 e. The summed E-state index contributed by atoms with van der Waals surface area (Å²) in [4.78, 5) is 22.6. The second-order valence-electron chi connectivity index (χ2n) is 5.01. The van der Waals surface area contributed by atoms with Crippen molar-refractivity contribution in [2.75, 3.05) is 0 Å². The summed E-state index contributed by atoms with van der Waals surface area (Å²) in [6.07, 6.45) is 1.74. The predicted octanol–water partition coefficient (Wildman–Crippen LogP) is 2.03. The Labute approximate surface area is 142 Å². The molecule has 0 radical (unpaired) electrons. The molecule has 1 unspecified atom stereocenters. The van der Waals surface area contributed by atoms with Gasteiger partial charge in [0.15, 0.2) is 5.69 Å². The molecule has 1 amide bonds. The zero-order valence-electron chi connectivity index (χ0n) is 12.2. The fourth-order valence-corrected chi connectivity index (χ4v) is 2.50. The highest BCUT2D eigenvalue weighted by molar-refractivity contribution is 6.35. The van der Waals surface area contributed by atoms with Crippen molar-refractivity contribution in [3.63, 3.8) is 0 Å². The standard InChI is InChI=1S/C14H14Cl2N4O3/c1-8(4-9-2-3-10(15)5-11(9)16)17-13(21)7-20-6-12(14(22)23)18-19-20/h2-3,5-6,8H,4,7H2,1H3,(H,17,21)(H,22,23). The molecular formula is C14H14Cl2N4O3. The van der Waals surface area contributed by atoms with E-state index in [9.17, 15) is 9.59 Å². The molecule has 122 valence electrons. The van der Waals surface area contributed by atoms with E-state index in [1.54, 1.807) is 12.1 Å².